The van der Waals surface area contributed by atoms with E-state index >= 15 is 0 Å². The van der Waals surface area contributed by atoms with E-state index in [4.69, 9.17) is 10.5 Å². The summed E-state index contributed by atoms with van der Waals surface area (Å²) in [7, 11) is 0. The number of H-pyrrole nitrogens is 1. The van der Waals surface area contributed by atoms with Gasteiger partial charge in [-0.1, -0.05) is 17.8 Å². The largest absolute Gasteiger partial charge is 0.439 e. The zero-order valence-electron chi connectivity index (χ0n) is 14.6. The third kappa shape index (κ3) is 4.31. The first-order chi connectivity index (χ1) is 12.6. The highest BCUT2D eigenvalue weighted by molar-refractivity contribution is 7.98. The molecule has 4 N–H and O–H groups in total. The van der Waals surface area contributed by atoms with E-state index in [0.29, 0.717) is 34.4 Å². The molecule has 0 radical (unpaired) electrons. The molecule has 9 heteroatoms. The Morgan fingerprint density at radius 1 is 1.23 bits per heavy atom. The fourth-order valence-electron chi connectivity index (χ4n) is 2.06. The highest BCUT2D eigenvalue weighted by Gasteiger charge is 2.08. The second-order valence-electron chi connectivity index (χ2n) is 5.35. The molecule has 26 heavy (non-hydrogen) atoms. The average molecular weight is 369 g/mol. The molecule has 0 saturated carbocycles. The first kappa shape index (κ1) is 17.7. The van der Waals surface area contributed by atoms with E-state index < -0.39 is 0 Å². The maximum Gasteiger partial charge on any atom is 0.246 e. The number of thioether (sulfide) groups is 1. The summed E-state index contributed by atoms with van der Waals surface area (Å²) < 4.78 is 5.75. The van der Waals surface area contributed by atoms with Crippen molar-refractivity contribution in [3.63, 3.8) is 0 Å². The topological polar surface area (TPSA) is 115 Å². The van der Waals surface area contributed by atoms with Gasteiger partial charge in [0.1, 0.15) is 11.6 Å². The Labute approximate surface area is 155 Å². The van der Waals surface area contributed by atoms with Crippen molar-refractivity contribution < 1.29 is 4.74 Å². The monoisotopic (exact) mass is 369 g/mol. The van der Waals surface area contributed by atoms with Gasteiger partial charge in [0.15, 0.2) is 11.0 Å². The maximum absolute atomic E-state index is 5.76. The van der Waals surface area contributed by atoms with Crippen LogP contribution in [0.2, 0.25) is 0 Å². The molecule has 1 aromatic carbocycles. The number of nitrogens with two attached hydrogens (primary N) is 1. The van der Waals surface area contributed by atoms with Crippen molar-refractivity contribution in [3.8, 4) is 23.0 Å². The van der Waals surface area contributed by atoms with Gasteiger partial charge < -0.3 is 15.8 Å². The van der Waals surface area contributed by atoms with Crippen LogP contribution >= 0.6 is 11.8 Å². The van der Waals surface area contributed by atoms with Crippen molar-refractivity contribution in [1.29, 1.82) is 0 Å². The van der Waals surface area contributed by atoms with Crippen LogP contribution in [0.25, 0.3) is 11.4 Å². The Morgan fingerprint density at radius 2 is 2.00 bits per heavy atom. The molecule has 2 aromatic heterocycles. The van der Waals surface area contributed by atoms with Crippen LogP contribution in [0.4, 0.5) is 11.8 Å². The van der Waals surface area contributed by atoms with Gasteiger partial charge in [0.25, 0.3) is 0 Å². The quantitative estimate of drug-likeness (QED) is 0.445. The molecule has 0 bridgehead atoms. The third-order valence-corrected chi connectivity index (χ3v) is 4.01. The van der Waals surface area contributed by atoms with E-state index in [1.165, 1.54) is 11.8 Å². The van der Waals surface area contributed by atoms with Crippen molar-refractivity contribution in [1.82, 2.24) is 25.1 Å². The Morgan fingerprint density at radius 3 is 2.69 bits per heavy atom. The zero-order chi connectivity index (χ0) is 18.5. The average Bonchev–Trinajstić information content (AvgIpc) is 3.10. The lowest BCUT2D eigenvalue weighted by Crippen LogP contribution is -1.97. The number of aromatic nitrogens is 5. The summed E-state index contributed by atoms with van der Waals surface area (Å²) in [5.41, 5.74) is 7.63. The van der Waals surface area contributed by atoms with Gasteiger partial charge in [-0.2, -0.15) is 9.97 Å². The second kappa shape index (κ2) is 7.87. The summed E-state index contributed by atoms with van der Waals surface area (Å²) in [4.78, 5) is 12.8. The Kier molecular flexibility index (Phi) is 5.37. The van der Waals surface area contributed by atoms with Crippen LogP contribution < -0.4 is 15.8 Å². The van der Waals surface area contributed by atoms with Gasteiger partial charge in [0.05, 0.1) is 0 Å². The van der Waals surface area contributed by atoms with Crippen LogP contribution in [0, 0.1) is 0 Å². The number of benzene rings is 1. The SMILES string of the molecule is C/C=C(\C)Nc1n[nH]c(-c2ccc(Oc3cc(N)nc(SC)n3)cc2)n1. The van der Waals surface area contributed by atoms with E-state index in [-0.39, 0.29) is 0 Å². The minimum atomic E-state index is 0.370. The molecule has 0 amide bonds. The van der Waals surface area contributed by atoms with Gasteiger partial charge >= 0.3 is 0 Å². The van der Waals surface area contributed by atoms with Crippen LogP contribution in [-0.4, -0.2) is 31.4 Å². The van der Waals surface area contributed by atoms with Gasteiger partial charge in [-0.05, 0) is 44.4 Å². The van der Waals surface area contributed by atoms with Gasteiger partial charge in [0.2, 0.25) is 11.8 Å². The maximum atomic E-state index is 5.76. The number of nitrogens with zero attached hydrogens (tertiary/aromatic N) is 4. The van der Waals surface area contributed by atoms with Gasteiger partial charge in [-0.25, -0.2) is 4.98 Å². The fourth-order valence-corrected chi connectivity index (χ4v) is 2.44. The van der Waals surface area contributed by atoms with Crippen LogP contribution in [0.3, 0.4) is 0 Å². The Bertz CT molecular complexity index is 921. The number of aromatic amines is 1. The number of nitrogen functional groups attached to an aromatic ring is 1. The van der Waals surface area contributed by atoms with E-state index in [1.54, 1.807) is 6.07 Å². The first-order valence-electron chi connectivity index (χ1n) is 7.86. The lowest BCUT2D eigenvalue weighted by atomic mass is 10.2. The highest BCUT2D eigenvalue weighted by Crippen LogP contribution is 2.25. The molecule has 0 unspecified atom stereocenters. The smallest absolute Gasteiger partial charge is 0.246 e. The zero-order valence-corrected chi connectivity index (χ0v) is 15.5. The summed E-state index contributed by atoms with van der Waals surface area (Å²) >= 11 is 1.40. The molecule has 0 fully saturated rings. The standard InChI is InChI=1S/C17H19N7OS/c1-4-10(2)19-16-22-15(23-24-16)11-5-7-12(8-6-11)25-14-9-13(18)20-17(21-14)26-3/h4-9H,1-3H3,(H2,18,20,21)(H2,19,22,23,24)/b10-4+. The van der Waals surface area contributed by atoms with Crippen molar-refractivity contribution >= 4 is 23.5 Å². The molecular formula is C17H19N7OS. The van der Waals surface area contributed by atoms with E-state index in [1.807, 2.05) is 50.4 Å². The Hall–Kier alpha value is -3.07. The van der Waals surface area contributed by atoms with Crippen LogP contribution in [-0.2, 0) is 0 Å². The number of rotatable bonds is 6. The molecular weight excluding hydrogens is 350 g/mol. The fraction of sp³-hybridized carbons (Fsp3) is 0.176. The van der Waals surface area contributed by atoms with Crippen molar-refractivity contribution in [2.45, 2.75) is 19.0 Å². The van der Waals surface area contributed by atoms with Gasteiger partial charge in [-0.15, -0.1) is 5.10 Å². The minimum absolute atomic E-state index is 0.370. The lowest BCUT2D eigenvalue weighted by Gasteiger charge is -2.07. The van der Waals surface area contributed by atoms with Crippen LogP contribution in [0.1, 0.15) is 13.8 Å². The summed E-state index contributed by atoms with van der Waals surface area (Å²) in [6.07, 6.45) is 3.83. The van der Waals surface area contributed by atoms with Crippen molar-refractivity contribution in [2.75, 3.05) is 17.3 Å². The summed E-state index contributed by atoms with van der Waals surface area (Å²) in [5.74, 6) is 2.61. The molecule has 2 heterocycles. The van der Waals surface area contributed by atoms with E-state index in [9.17, 15) is 0 Å². The summed E-state index contributed by atoms with van der Waals surface area (Å²) in [5, 5.41) is 10.7. The normalized spacial score (nSPS) is 11.4. The Balaban J connectivity index is 1.74. The number of hydrogen-bond donors (Lipinski definition) is 3. The number of hydrogen-bond acceptors (Lipinski definition) is 8. The number of ether oxygens (including phenoxy) is 1. The molecule has 0 aliphatic carbocycles. The molecule has 134 valence electrons. The van der Waals surface area contributed by atoms with Crippen molar-refractivity contribution in [2.24, 2.45) is 0 Å². The molecule has 0 spiro atoms. The predicted molar refractivity (Wildman–Crippen MR) is 103 cm³/mol. The molecule has 8 nitrogen and oxygen atoms in total. The summed E-state index contributed by atoms with van der Waals surface area (Å²) in [6.45, 7) is 3.90. The minimum Gasteiger partial charge on any atom is -0.439 e. The third-order valence-electron chi connectivity index (χ3n) is 3.46. The first-order valence-corrected chi connectivity index (χ1v) is 9.09. The predicted octanol–water partition coefficient (Wildman–Crippen LogP) is 3.69. The number of anilines is 2. The molecule has 3 rings (SSSR count). The van der Waals surface area contributed by atoms with Crippen LogP contribution in [0.5, 0.6) is 11.6 Å². The lowest BCUT2D eigenvalue weighted by molar-refractivity contribution is 0.456. The van der Waals surface area contributed by atoms with E-state index in [2.05, 4.69) is 30.5 Å². The molecule has 3 aromatic rings. The highest BCUT2D eigenvalue weighted by atomic mass is 32.2. The molecule has 0 aliphatic heterocycles. The number of allylic oxidation sites excluding steroid dienone is 2. The molecule has 0 atom stereocenters. The molecule has 0 saturated heterocycles. The second-order valence-corrected chi connectivity index (χ2v) is 6.12. The molecule has 0 aliphatic rings. The van der Waals surface area contributed by atoms with Gasteiger partial charge in [0, 0.05) is 17.3 Å². The summed E-state index contributed by atoms with van der Waals surface area (Å²) in [6, 6.07) is 9.04. The van der Waals surface area contributed by atoms with Gasteiger partial charge in [-0.3, -0.25) is 5.10 Å². The van der Waals surface area contributed by atoms with E-state index in [0.717, 1.165) is 11.3 Å². The van der Waals surface area contributed by atoms with Crippen LogP contribution in [0.15, 0.2) is 47.3 Å². The number of nitrogens with one attached hydrogen (secondary N) is 2. The van der Waals surface area contributed by atoms with Crippen molar-refractivity contribution in [3.05, 3.63) is 42.1 Å².